The molecule has 0 saturated heterocycles. The number of anilines is 3. The molecule has 0 saturated carbocycles. The summed E-state index contributed by atoms with van der Waals surface area (Å²) in [6.07, 6.45) is 1.95. The average Bonchev–Trinajstić information content (AvgIpc) is 2.29. The number of nitrogens with zero attached hydrogens (tertiary/aromatic N) is 4. The summed E-state index contributed by atoms with van der Waals surface area (Å²) in [7, 11) is 3.67. The monoisotopic (exact) mass is 272 g/mol. The molecule has 8 heteroatoms. The molecule has 18 heavy (non-hydrogen) atoms. The number of aliphatic hydroxyl groups is 1. The van der Waals surface area contributed by atoms with E-state index in [2.05, 4.69) is 20.3 Å². The Hall–Kier alpha value is -1.28. The van der Waals surface area contributed by atoms with Crippen LogP contribution in [-0.4, -0.2) is 58.3 Å². The molecule has 0 aromatic carbocycles. The standard InChI is InChI=1S/C10H20N6OS/c1-6(7(5-17)18-4)12-9-13-8(11)14-10(15-9)16(2)3/h6-7,17H,5H2,1-4H3,(H3,11,12,13,14,15). The largest absolute Gasteiger partial charge is 0.395 e. The third-order valence-corrected chi connectivity index (χ3v) is 3.60. The Kier molecular flexibility index (Phi) is 5.42. The van der Waals surface area contributed by atoms with Gasteiger partial charge in [-0.15, -0.1) is 0 Å². The first-order valence-electron chi connectivity index (χ1n) is 5.57. The fourth-order valence-electron chi connectivity index (χ4n) is 1.38. The predicted molar refractivity (Wildman–Crippen MR) is 76.0 cm³/mol. The van der Waals surface area contributed by atoms with Crippen LogP contribution in [0.15, 0.2) is 0 Å². The number of thioether (sulfide) groups is 1. The number of hydrogen-bond donors (Lipinski definition) is 3. The third-order valence-electron chi connectivity index (χ3n) is 2.44. The number of nitrogen functional groups attached to an aromatic ring is 1. The van der Waals surface area contributed by atoms with Crippen LogP contribution in [0, 0.1) is 0 Å². The van der Waals surface area contributed by atoms with Gasteiger partial charge >= 0.3 is 0 Å². The minimum absolute atomic E-state index is 0.0295. The van der Waals surface area contributed by atoms with Crippen LogP contribution in [0.3, 0.4) is 0 Å². The van der Waals surface area contributed by atoms with Gasteiger partial charge in [0.15, 0.2) is 0 Å². The maximum atomic E-state index is 9.22. The van der Waals surface area contributed by atoms with Crippen molar-refractivity contribution in [2.45, 2.75) is 18.2 Å². The second-order valence-corrected chi connectivity index (χ2v) is 5.18. The Morgan fingerprint density at radius 2 is 2.06 bits per heavy atom. The van der Waals surface area contributed by atoms with Crippen LogP contribution in [0.4, 0.5) is 17.8 Å². The quantitative estimate of drug-likeness (QED) is 0.667. The molecule has 0 bridgehead atoms. The van der Waals surface area contributed by atoms with Crippen molar-refractivity contribution in [3.8, 4) is 0 Å². The Morgan fingerprint density at radius 1 is 1.39 bits per heavy atom. The first kappa shape index (κ1) is 14.8. The Bertz CT molecular complexity index is 385. The van der Waals surface area contributed by atoms with E-state index in [-0.39, 0.29) is 23.8 Å². The molecular weight excluding hydrogens is 252 g/mol. The topological polar surface area (TPSA) is 100 Å². The van der Waals surface area contributed by atoms with E-state index in [0.29, 0.717) is 11.9 Å². The van der Waals surface area contributed by atoms with Crippen molar-refractivity contribution in [2.24, 2.45) is 0 Å². The summed E-state index contributed by atoms with van der Waals surface area (Å²) in [5, 5.41) is 12.4. The molecule has 0 aliphatic heterocycles. The zero-order valence-corrected chi connectivity index (χ0v) is 11.9. The molecule has 0 spiro atoms. The summed E-state index contributed by atoms with van der Waals surface area (Å²) in [5.41, 5.74) is 5.63. The lowest BCUT2D eigenvalue weighted by Crippen LogP contribution is -2.32. The van der Waals surface area contributed by atoms with Crippen LogP contribution in [0.5, 0.6) is 0 Å². The molecular formula is C10H20N6OS. The molecule has 0 fully saturated rings. The van der Waals surface area contributed by atoms with Gasteiger partial charge in [0.1, 0.15) is 0 Å². The van der Waals surface area contributed by atoms with Gasteiger partial charge in [-0.2, -0.15) is 26.7 Å². The van der Waals surface area contributed by atoms with E-state index in [0.717, 1.165) is 0 Å². The highest BCUT2D eigenvalue weighted by atomic mass is 32.2. The van der Waals surface area contributed by atoms with Gasteiger partial charge in [0, 0.05) is 25.4 Å². The summed E-state index contributed by atoms with van der Waals surface area (Å²) in [4.78, 5) is 14.0. The van der Waals surface area contributed by atoms with Gasteiger partial charge in [-0.05, 0) is 13.2 Å². The van der Waals surface area contributed by atoms with Gasteiger partial charge in [0.05, 0.1) is 6.61 Å². The number of nitrogens with one attached hydrogen (secondary N) is 1. The first-order valence-corrected chi connectivity index (χ1v) is 6.85. The van der Waals surface area contributed by atoms with Crippen LogP contribution in [0.2, 0.25) is 0 Å². The molecule has 2 unspecified atom stereocenters. The van der Waals surface area contributed by atoms with E-state index in [9.17, 15) is 5.11 Å². The van der Waals surface area contributed by atoms with E-state index in [1.54, 1.807) is 16.7 Å². The second kappa shape index (κ2) is 6.60. The van der Waals surface area contributed by atoms with E-state index < -0.39 is 0 Å². The fraction of sp³-hybridized carbons (Fsp3) is 0.700. The van der Waals surface area contributed by atoms with E-state index in [4.69, 9.17) is 5.73 Å². The lowest BCUT2D eigenvalue weighted by Gasteiger charge is -2.21. The highest BCUT2D eigenvalue weighted by molar-refractivity contribution is 7.99. The predicted octanol–water partition coefficient (Wildman–Crippen LogP) is 0.0441. The van der Waals surface area contributed by atoms with Crippen molar-refractivity contribution in [1.29, 1.82) is 0 Å². The van der Waals surface area contributed by atoms with Gasteiger partial charge in [-0.25, -0.2) is 0 Å². The zero-order chi connectivity index (χ0) is 13.7. The number of nitrogens with two attached hydrogens (primary N) is 1. The van der Waals surface area contributed by atoms with Crippen molar-refractivity contribution >= 4 is 29.6 Å². The van der Waals surface area contributed by atoms with Crippen LogP contribution < -0.4 is 16.0 Å². The van der Waals surface area contributed by atoms with Crippen LogP contribution >= 0.6 is 11.8 Å². The van der Waals surface area contributed by atoms with Crippen molar-refractivity contribution < 1.29 is 5.11 Å². The van der Waals surface area contributed by atoms with Gasteiger partial charge in [0.25, 0.3) is 0 Å². The molecule has 1 rings (SSSR count). The van der Waals surface area contributed by atoms with E-state index in [1.807, 2.05) is 27.3 Å². The van der Waals surface area contributed by atoms with Gasteiger partial charge in [-0.1, -0.05) is 0 Å². The van der Waals surface area contributed by atoms with Gasteiger partial charge in [0.2, 0.25) is 17.8 Å². The summed E-state index contributed by atoms with van der Waals surface area (Å²) in [6.45, 7) is 2.06. The Labute approximate surface area is 111 Å². The SMILES string of the molecule is CSC(CO)C(C)Nc1nc(N)nc(N(C)C)n1. The summed E-state index contributed by atoms with van der Waals surface area (Å²) >= 11 is 1.59. The highest BCUT2D eigenvalue weighted by Crippen LogP contribution is 2.15. The van der Waals surface area contributed by atoms with Crippen LogP contribution in [0.1, 0.15) is 6.92 Å². The first-order chi connectivity index (χ1) is 8.47. The molecule has 1 aromatic rings. The van der Waals surface area contributed by atoms with Crippen molar-refractivity contribution in [3.05, 3.63) is 0 Å². The summed E-state index contributed by atoms with van der Waals surface area (Å²) in [5.74, 6) is 1.10. The molecule has 1 aromatic heterocycles. The number of aromatic nitrogens is 3. The van der Waals surface area contributed by atoms with E-state index in [1.165, 1.54) is 0 Å². The molecule has 0 radical (unpaired) electrons. The fourth-order valence-corrected chi connectivity index (χ4v) is 2.00. The molecule has 2 atom stereocenters. The zero-order valence-electron chi connectivity index (χ0n) is 11.1. The average molecular weight is 272 g/mol. The lowest BCUT2D eigenvalue weighted by molar-refractivity contribution is 0.288. The van der Waals surface area contributed by atoms with Gasteiger partial charge in [-0.3, -0.25) is 0 Å². The minimum Gasteiger partial charge on any atom is -0.395 e. The molecule has 0 aliphatic carbocycles. The number of hydrogen-bond acceptors (Lipinski definition) is 8. The molecule has 102 valence electrons. The molecule has 7 nitrogen and oxygen atoms in total. The summed E-state index contributed by atoms with van der Waals surface area (Å²) in [6, 6.07) is 0.0295. The Balaban J connectivity index is 2.83. The molecule has 0 amide bonds. The number of rotatable bonds is 6. The van der Waals surface area contributed by atoms with Crippen LogP contribution in [-0.2, 0) is 0 Å². The summed E-state index contributed by atoms with van der Waals surface area (Å²) < 4.78 is 0. The number of aliphatic hydroxyl groups excluding tert-OH is 1. The molecule has 0 aliphatic rings. The second-order valence-electron chi connectivity index (χ2n) is 4.10. The minimum atomic E-state index is 0.0295. The van der Waals surface area contributed by atoms with Gasteiger partial charge < -0.3 is 21.1 Å². The maximum absolute atomic E-state index is 9.22. The van der Waals surface area contributed by atoms with E-state index >= 15 is 0 Å². The Morgan fingerprint density at radius 3 is 2.56 bits per heavy atom. The van der Waals surface area contributed by atoms with Crippen LogP contribution in [0.25, 0.3) is 0 Å². The maximum Gasteiger partial charge on any atom is 0.231 e. The third kappa shape index (κ3) is 3.88. The van der Waals surface area contributed by atoms with Crippen molar-refractivity contribution in [2.75, 3.05) is 42.9 Å². The smallest absolute Gasteiger partial charge is 0.231 e. The highest BCUT2D eigenvalue weighted by Gasteiger charge is 2.17. The van der Waals surface area contributed by atoms with Crippen molar-refractivity contribution in [3.63, 3.8) is 0 Å². The normalized spacial score (nSPS) is 14.1. The molecule has 1 heterocycles. The molecule has 4 N–H and O–H groups in total. The lowest BCUT2D eigenvalue weighted by atomic mass is 10.2. The van der Waals surface area contributed by atoms with Crippen molar-refractivity contribution in [1.82, 2.24) is 15.0 Å².